The van der Waals surface area contributed by atoms with Gasteiger partial charge < -0.3 is 20.3 Å². The maximum Gasteiger partial charge on any atom is 0.390 e. The number of rotatable bonds is 4. The van der Waals surface area contributed by atoms with Gasteiger partial charge in [-0.1, -0.05) is 5.92 Å². The molecule has 0 atom stereocenters. The number of aliphatic hydroxyl groups is 1. The summed E-state index contributed by atoms with van der Waals surface area (Å²) in [6.07, 6.45) is 1.92. The normalized spacial score (nSPS) is 15.9. The lowest BCUT2D eigenvalue weighted by Crippen LogP contribution is -2.35. The third kappa shape index (κ3) is 5.85. The second kappa shape index (κ2) is 9.24. The Morgan fingerprint density at radius 2 is 1.94 bits per heavy atom. The lowest BCUT2D eigenvalue weighted by Gasteiger charge is -2.32. The van der Waals surface area contributed by atoms with Crippen LogP contribution in [-0.4, -0.2) is 60.9 Å². The predicted octanol–water partition coefficient (Wildman–Crippen LogP) is 3.65. The van der Waals surface area contributed by atoms with Crippen molar-refractivity contribution in [2.45, 2.75) is 50.8 Å². The van der Waals surface area contributed by atoms with Crippen molar-refractivity contribution in [1.29, 1.82) is 0 Å². The van der Waals surface area contributed by atoms with E-state index in [1.165, 1.54) is 0 Å². The molecule has 3 N–H and O–H groups in total. The standard InChI is InChI=1S/C24H27F3N6O/c1-23(2,34)7-3-17-13-20-18(14-30-17)19(15-33(20)21-4-9-29-22(28)31-21)16-5-10-32(11-6-16)12-8-24(25,26)27/h4,9,13-16,34H,5-6,8,10-12H2,1-2H3,(H2,28,29,31). The Hall–Kier alpha value is -3.16. The molecule has 1 fully saturated rings. The van der Waals surface area contributed by atoms with E-state index in [2.05, 4.69) is 26.8 Å². The Morgan fingerprint density at radius 1 is 1.21 bits per heavy atom. The van der Waals surface area contributed by atoms with Gasteiger partial charge in [-0.05, 0) is 69.3 Å². The monoisotopic (exact) mass is 472 g/mol. The number of likely N-dealkylation sites (tertiary alicyclic amines) is 1. The van der Waals surface area contributed by atoms with Crippen LogP contribution in [-0.2, 0) is 0 Å². The van der Waals surface area contributed by atoms with Crippen LogP contribution in [0.5, 0.6) is 0 Å². The van der Waals surface area contributed by atoms with Crippen molar-refractivity contribution in [1.82, 2.24) is 24.4 Å². The number of hydrogen-bond donors (Lipinski definition) is 2. The summed E-state index contributed by atoms with van der Waals surface area (Å²) >= 11 is 0. The van der Waals surface area contributed by atoms with Crippen molar-refractivity contribution < 1.29 is 18.3 Å². The molecule has 0 aromatic carbocycles. The van der Waals surface area contributed by atoms with Crippen molar-refractivity contribution in [3.63, 3.8) is 0 Å². The molecule has 0 spiro atoms. The van der Waals surface area contributed by atoms with Crippen molar-refractivity contribution in [2.24, 2.45) is 0 Å². The number of halogens is 3. The summed E-state index contributed by atoms with van der Waals surface area (Å²) in [5, 5.41) is 10.9. The highest BCUT2D eigenvalue weighted by molar-refractivity contribution is 5.86. The molecule has 0 bridgehead atoms. The van der Waals surface area contributed by atoms with Gasteiger partial charge in [0.1, 0.15) is 17.1 Å². The van der Waals surface area contributed by atoms with Gasteiger partial charge in [0.25, 0.3) is 0 Å². The highest BCUT2D eigenvalue weighted by Gasteiger charge is 2.30. The molecule has 3 aromatic rings. The van der Waals surface area contributed by atoms with Crippen LogP contribution in [0, 0.1) is 11.8 Å². The fourth-order valence-corrected chi connectivity index (χ4v) is 4.20. The molecule has 4 rings (SSSR count). The van der Waals surface area contributed by atoms with E-state index < -0.39 is 18.2 Å². The van der Waals surface area contributed by atoms with Crippen LogP contribution in [0.2, 0.25) is 0 Å². The molecule has 10 heteroatoms. The average Bonchev–Trinajstić information content (AvgIpc) is 3.15. The maximum absolute atomic E-state index is 12.6. The van der Waals surface area contributed by atoms with Crippen molar-refractivity contribution in [2.75, 3.05) is 25.4 Å². The number of alkyl halides is 3. The zero-order valence-electron chi connectivity index (χ0n) is 19.1. The third-order valence-electron chi connectivity index (χ3n) is 5.86. The Kier molecular flexibility index (Phi) is 6.51. The third-order valence-corrected chi connectivity index (χ3v) is 5.86. The molecule has 0 amide bonds. The van der Waals surface area contributed by atoms with Gasteiger partial charge >= 0.3 is 6.18 Å². The van der Waals surface area contributed by atoms with Gasteiger partial charge in [0, 0.05) is 30.5 Å². The van der Waals surface area contributed by atoms with E-state index in [9.17, 15) is 18.3 Å². The lowest BCUT2D eigenvalue weighted by molar-refractivity contribution is -0.138. The van der Waals surface area contributed by atoms with Crippen LogP contribution in [0.15, 0.2) is 30.7 Å². The van der Waals surface area contributed by atoms with Gasteiger partial charge in [-0.25, -0.2) is 9.97 Å². The van der Waals surface area contributed by atoms with Gasteiger partial charge in [-0.2, -0.15) is 18.2 Å². The van der Waals surface area contributed by atoms with Crippen molar-refractivity contribution in [3.8, 4) is 17.7 Å². The minimum Gasteiger partial charge on any atom is -0.378 e. The molecule has 1 saturated heterocycles. The highest BCUT2D eigenvalue weighted by atomic mass is 19.4. The number of aromatic nitrogens is 4. The molecular weight excluding hydrogens is 445 g/mol. The van der Waals surface area contributed by atoms with Crippen LogP contribution in [0.25, 0.3) is 16.7 Å². The van der Waals surface area contributed by atoms with Gasteiger partial charge in [-0.3, -0.25) is 0 Å². The summed E-state index contributed by atoms with van der Waals surface area (Å²) in [5.41, 5.74) is 7.06. The van der Waals surface area contributed by atoms with Crippen LogP contribution in [0.3, 0.4) is 0 Å². The maximum atomic E-state index is 12.6. The number of nitrogens with zero attached hydrogens (tertiary/aromatic N) is 5. The van der Waals surface area contributed by atoms with Crippen molar-refractivity contribution >= 4 is 16.9 Å². The quantitative estimate of drug-likeness (QED) is 0.563. The molecule has 0 unspecified atom stereocenters. The van der Waals surface area contributed by atoms with Crippen LogP contribution in [0.1, 0.15) is 50.3 Å². The number of nitrogens with two attached hydrogens (primary N) is 1. The van der Waals surface area contributed by atoms with Crippen LogP contribution >= 0.6 is 0 Å². The number of pyridine rings is 1. The number of nitrogen functional groups attached to an aromatic ring is 1. The molecule has 0 saturated carbocycles. The smallest absolute Gasteiger partial charge is 0.378 e. The first-order chi connectivity index (χ1) is 16.0. The SMILES string of the molecule is CC(C)(O)C#Cc1cc2c(cn1)c(C1CCN(CCC(F)(F)F)CC1)cn2-c1ccnc(N)n1. The second-order valence-corrected chi connectivity index (χ2v) is 9.10. The fraction of sp³-hybridized carbons (Fsp3) is 0.458. The number of anilines is 1. The molecule has 7 nitrogen and oxygen atoms in total. The second-order valence-electron chi connectivity index (χ2n) is 9.10. The highest BCUT2D eigenvalue weighted by Crippen LogP contribution is 2.36. The predicted molar refractivity (Wildman–Crippen MR) is 123 cm³/mol. The van der Waals surface area contributed by atoms with E-state index in [0.29, 0.717) is 24.6 Å². The summed E-state index contributed by atoms with van der Waals surface area (Å²) in [6, 6.07) is 3.59. The molecule has 0 radical (unpaired) electrons. The van der Waals surface area contributed by atoms with Gasteiger partial charge in [0.15, 0.2) is 0 Å². The zero-order chi connectivity index (χ0) is 24.5. The minimum absolute atomic E-state index is 0.0307. The summed E-state index contributed by atoms with van der Waals surface area (Å²) < 4.78 is 39.7. The number of fused-ring (bicyclic) bond motifs is 1. The molecule has 3 aromatic heterocycles. The Morgan fingerprint density at radius 3 is 2.59 bits per heavy atom. The average molecular weight is 473 g/mol. The first-order valence-electron chi connectivity index (χ1n) is 11.1. The molecule has 1 aliphatic heterocycles. The fourth-order valence-electron chi connectivity index (χ4n) is 4.20. The zero-order valence-corrected chi connectivity index (χ0v) is 19.1. The Balaban J connectivity index is 1.67. The Bertz CT molecular complexity index is 1230. The van der Waals surface area contributed by atoms with E-state index in [1.54, 1.807) is 32.3 Å². The van der Waals surface area contributed by atoms with Crippen molar-refractivity contribution in [3.05, 3.63) is 42.0 Å². The van der Waals surface area contributed by atoms with Gasteiger partial charge in [0.2, 0.25) is 5.95 Å². The first kappa shape index (κ1) is 24.0. The molecular formula is C24H27F3N6O. The van der Waals surface area contributed by atoms with Crippen LogP contribution < -0.4 is 5.73 Å². The number of hydrogen-bond acceptors (Lipinski definition) is 6. The van der Waals surface area contributed by atoms with E-state index in [-0.39, 0.29) is 18.4 Å². The lowest BCUT2D eigenvalue weighted by atomic mass is 9.89. The topological polar surface area (TPSA) is 93.1 Å². The van der Waals surface area contributed by atoms with E-state index in [0.717, 1.165) is 29.3 Å². The first-order valence-corrected chi connectivity index (χ1v) is 11.1. The van der Waals surface area contributed by atoms with Gasteiger partial charge in [0.05, 0.1) is 11.9 Å². The molecule has 34 heavy (non-hydrogen) atoms. The largest absolute Gasteiger partial charge is 0.390 e. The molecule has 0 aliphatic carbocycles. The number of piperidine rings is 1. The summed E-state index contributed by atoms with van der Waals surface area (Å²) in [6.45, 7) is 4.45. The molecule has 4 heterocycles. The van der Waals surface area contributed by atoms with E-state index in [4.69, 9.17) is 5.73 Å². The van der Waals surface area contributed by atoms with E-state index >= 15 is 0 Å². The molecule has 1 aliphatic rings. The summed E-state index contributed by atoms with van der Waals surface area (Å²) in [5.74, 6) is 6.60. The van der Waals surface area contributed by atoms with E-state index in [1.807, 2.05) is 21.7 Å². The Labute approximate surface area is 195 Å². The van der Waals surface area contributed by atoms with Gasteiger partial charge in [-0.15, -0.1) is 0 Å². The molecule has 180 valence electrons. The summed E-state index contributed by atoms with van der Waals surface area (Å²) in [4.78, 5) is 14.7. The summed E-state index contributed by atoms with van der Waals surface area (Å²) in [7, 11) is 0. The van der Waals surface area contributed by atoms with Crippen LogP contribution in [0.4, 0.5) is 19.1 Å². The minimum atomic E-state index is -4.14.